The quantitative estimate of drug-likeness (QED) is 0.876. The Balaban J connectivity index is 2.15. The summed E-state index contributed by atoms with van der Waals surface area (Å²) < 4.78 is 18.6. The van der Waals surface area contributed by atoms with Crippen molar-refractivity contribution in [1.82, 2.24) is 0 Å². The number of hydrogen-bond acceptors (Lipinski definition) is 2. The van der Waals surface area contributed by atoms with Gasteiger partial charge in [0.1, 0.15) is 0 Å². The standard InChI is InChI=1S/C17H20FNO/c1-4-14-7-5-6-12(2)17(14)19-11-13-8-9-16(20-3)15(18)10-13/h5-10,19H,4,11H2,1-3H3. The first-order valence-electron chi connectivity index (χ1n) is 6.80. The van der Waals surface area contributed by atoms with Crippen molar-refractivity contribution in [1.29, 1.82) is 0 Å². The highest BCUT2D eigenvalue weighted by Crippen LogP contribution is 2.23. The molecular formula is C17H20FNO. The number of benzene rings is 2. The first-order valence-corrected chi connectivity index (χ1v) is 6.80. The zero-order valence-corrected chi connectivity index (χ0v) is 12.2. The number of ether oxygens (including phenoxy) is 1. The monoisotopic (exact) mass is 273 g/mol. The van der Waals surface area contributed by atoms with E-state index in [1.54, 1.807) is 6.07 Å². The van der Waals surface area contributed by atoms with Crippen molar-refractivity contribution in [3.63, 3.8) is 0 Å². The molecule has 0 aliphatic rings. The van der Waals surface area contributed by atoms with Gasteiger partial charge in [0.15, 0.2) is 11.6 Å². The third kappa shape index (κ3) is 3.10. The Bertz CT molecular complexity index is 596. The smallest absolute Gasteiger partial charge is 0.165 e. The van der Waals surface area contributed by atoms with Crippen molar-refractivity contribution in [2.45, 2.75) is 26.8 Å². The Hall–Kier alpha value is -2.03. The number of anilines is 1. The Morgan fingerprint density at radius 1 is 1.20 bits per heavy atom. The molecule has 2 aromatic rings. The molecule has 0 amide bonds. The van der Waals surface area contributed by atoms with Crippen LogP contribution in [-0.2, 0) is 13.0 Å². The number of aryl methyl sites for hydroxylation is 2. The van der Waals surface area contributed by atoms with Crippen LogP contribution in [0.5, 0.6) is 5.75 Å². The molecule has 0 heterocycles. The maximum absolute atomic E-state index is 13.6. The van der Waals surface area contributed by atoms with Gasteiger partial charge in [-0.3, -0.25) is 0 Å². The molecule has 0 radical (unpaired) electrons. The van der Waals surface area contributed by atoms with Gasteiger partial charge in [-0.05, 0) is 42.2 Å². The summed E-state index contributed by atoms with van der Waals surface area (Å²) in [4.78, 5) is 0. The molecule has 1 N–H and O–H groups in total. The molecule has 2 aromatic carbocycles. The minimum atomic E-state index is -0.327. The highest BCUT2D eigenvalue weighted by Gasteiger charge is 2.06. The van der Waals surface area contributed by atoms with Gasteiger partial charge < -0.3 is 10.1 Å². The van der Waals surface area contributed by atoms with E-state index in [-0.39, 0.29) is 11.6 Å². The zero-order chi connectivity index (χ0) is 14.5. The van der Waals surface area contributed by atoms with Gasteiger partial charge in [-0.25, -0.2) is 4.39 Å². The average molecular weight is 273 g/mol. The van der Waals surface area contributed by atoms with Gasteiger partial charge >= 0.3 is 0 Å². The highest BCUT2D eigenvalue weighted by molar-refractivity contribution is 5.57. The van der Waals surface area contributed by atoms with Gasteiger partial charge in [0, 0.05) is 12.2 Å². The van der Waals surface area contributed by atoms with Crippen LogP contribution in [0.15, 0.2) is 36.4 Å². The molecule has 0 aromatic heterocycles. The van der Waals surface area contributed by atoms with Crippen molar-refractivity contribution in [2.75, 3.05) is 12.4 Å². The molecule has 20 heavy (non-hydrogen) atoms. The van der Waals surface area contributed by atoms with Crippen LogP contribution < -0.4 is 10.1 Å². The summed E-state index contributed by atoms with van der Waals surface area (Å²) in [5.74, 6) is -0.0498. The third-order valence-electron chi connectivity index (χ3n) is 3.43. The molecule has 0 aliphatic carbocycles. The van der Waals surface area contributed by atoms with E-state index in [2.05, 4.69) is 37.4 Å². The van der Waals surface area contributed by atoms with Crippen LogP contribution in [0.1, 0.15) is 23.6 Å². The fourth-order valence-corrected chi connectivity index (χ4v) is 2.29. The van der Waals surface area contributed by atoms with E-state index in [4.69, 9.17) is 4.74 Å². The lowest BCUT2D eigenvalue weighted by Crippen LogP contribution is -2.04. The van der Waals surface area contributed by atoms with E-state index in [9.17, 15) is 4.39 Å². The second-order valence-corrected chi connectivity index (χ2v) is 4.79. The van der Waals surface area contributed by atoms with Crippen molar-refractivity contribution in [3.05, 3.63) is 58.9 Å². The van der Waals surface area contributed by atoms with E-state index in [1.807, 2.05) is 6.07 Å². The fourth-order valence-electron chi connectivity index (χ4n) is 2.29. The summed E-state index contributed by atoms with van der Waals surface area (Å²) in [6.45, 7) is 4.81. The lowest BCUT2D eigenvalue weighted by molar-refractivity contribution is 0.386. The fraction of sp³-hybridized carbons (Fsp3) is 0.294. The number of methoxy groups -OCH3 is 1. The Morgan fingerprint density at radius 3 is 2.65 bits per heavy atom. The molecule has 0 atom stereocenters. The summed E-state index contributed by atoms with van der Waals surface area (Å²) in [6.07, 6.45) is 0.973. The van der Waals surface area contributed by atoms with Gasteiger partial charge in [-0.1, -0.05) is 31.2 Å². The number of halogens is 1. The van der Waals surface area contributed by atoms with Crippen LogP contribution in [0.25, 0.3) is 0 Å². The minimum absolute atomic E-state index is 0.277. The summed E-state index contributed by atoms with van der Waals surface area (Å²) in [7, 11) is 1.47. The van der Waals surface area contributed by atoms with Gasteiger partial charge in [-0.2, -0.15) is 0 Å². The number of rotatable bonds is 5. The van der Waals surface area contributed by atoms with Gasteiger partial charge in [0.25, 0.3) is 0 Å². The van der Waals surface area contributed by atoms with E-state index < -0.39 is 0 Å². The summed E-state index contributed by atoms with van der Waals surface area (Å²) in [5, 5.41) is 3.41. The summed E-state index contributed by atoms with van der Waals surface area (Å²) >= 11 is 0. The largest absolute Gasteiger partial charge is 0.494 e. The minimum Gasteiger partial charge on any atom is -0.494 e. The van der Waals surface area contributed by atoms with Gasteiger partial charge in [0.05, 0.1) is 7.11 Å². The van der Waals surface area contributed by atoms with Crippen LogP contribution in [0.4, 0.5) is 10.1 Å². The predicted molar refractivity (Wildman–Crippen MR) is 80.8 cm³/mol. The van der Waals surface area contributed by atoms with Crippen LogP contribution in [0.3, 0.4) is 0 Å². The summed E-state index contributed by atoms with van der Waals surface area (Å²) in [5.41, 5.74) is 4.53. The molecule has 0 fully saturated rings. The first-order chi connectivity index (χ1) is 9.65. The lowest BCUT2D eigenvalue weighted by Gasteiger charge is -2.14. The number of hydrogen-bond donors (Lipinski definition) is 1. The number of para-hydroxylation sites is 1. The van der Waals surface area contributed by atoms with E-state index in [0.717, 1.165) is 17.7 Å². The highest BCUT2D eigenvalue weighted by atomic mass is 19.1. The van der Waals surface area contributed by atoms with Gasteiger partial charge in [0.2, 0.25) is 0 Å². The number of nitrogens with one attached hydrogen (secondary N) is 1. The lowest BCUT2D eigenvalue weighted by atomic mass is 10.1. The molecule has 3 heteroatoms. The molecular weight excluding hydrogens is 253 g/mol. The van der Waals surface area contributed by atoms with Crippen LogP contribution in [-0.4, -0.2) is 7.11 Å². The van der Waals surface area contributed by atoms with Crippen LogP contribution >= 0.6 is 0 Å². The van der Waals surface area contributed by atoms with E-state index in [1.165, 1.54) is 24.3 Å². The second kappa shape index (κ2) is 6.42. The van der Waals surface area contributed by atoms with Crippen LogP contribution in [0, 0.1) is 12.7 Å². The maximum Gasteiger partial charge on any atom is 0.165 e. The van der Waals surface area contributed by atoms with Crippen LogP contribution in [0.2, 0.25) is 0 Å². The molecule has 0 spiro atoms. The zero-order valence-electron chi connectivity index (χ0n) is 12.2. The molecule has 0 saturated carbocycles. The van der Waals surface area contributed by atoms with E-state index in [0.29, 0.717) is 6.54 Å². The molecule has 0 saturated heterocycles. The van der Waals surface area contributed by atoms with Crippen molar-refractivity contribution >= 4 is 5.69 Å². The molecule has 2 nitrogen and oxygen atoms in total. The Morgan fingerprint density at radius 2 is 2.00 bits per heavy atom. The Labute approximate surface area is 119 Å². The van der Waals surface area contributed by atoms with Crippen molar-refractivity contribution in [2.24, 2.45) is 0 Å². The second-order valence-electron chi connectivity index (χ2n) is 4.79. The van der Waals surface area contributed by atoms with Crippen molar-refractivity contribution in [3.8, 4) is 5.75 Å². The average Bonchev–Trinajstić information content (AvgIpc) is 2.46. The molecule has 0 unspecified atom stereocenters. The SMILES string of the molecule is CCc1cccc(C)c1NCc1ccc(OC)c(F)c1. The molecule has 106 valence electrons. The van der Waals surface area contributed by atoms with E-state index >= 15 is 0 Å². The predicted octanol–water partition coefficient (Wildman–Crippen LogP) is 4.32. The first kappa shape index (κ1) is 14.4. The van der Waals surface area contributed by atoms with Crippen molar-refractivity contribution < 1.29 is 9.13 Å². The topological polar surface area (TPSA) is 21.3 Å². The molecule has 0 aliphatic heterocycles. The Kier molecular flexibility index (Phi) is 4.61. The molecule has 0 bridgehead atoms. The van der Waals surface area contributed by atoms with Gasteiger partial charge in [-0.15, -0.1) is 0 Å². The molecule has 2 rings (SSSR count). The normalized spacial score (nSPS) is 10.4. The maximum atomic E-state index is 13.6. The third-order valence-corrected chi connectivity index (χ3v) is 3.43. The summed E-state index contributed by atoms with van der Waals surface area (Å²) in [6, 6.07) is 11.3.